The predicted molar refractivity (Wildman–Crippen MR) is 58.1 cm³/mol. The van der Waals surface area contributed by atoms with Crippen LogP contribution in [-0.2, 0) is 4.79 Å². The molecule has 16 heavy (non-hydrogen) atoms. The summed E-state index contributed by atoms with van der Waals surface area (Å²) in [6, 6.07) is 0.570. The number of halogens is 1. The fourth-order valence-electron chi connectivity index (χ4n) is 1.70. The van der Waals surface area contributed by atoms with E-state index in [2.05, 4.69) is 0 Å². The van der Waals surface area contributed by atoms with E-state index in [-0.39, 0.29) is 24.3 Å². The lowest BCUT2D eigenvalue weighted by Gasteiger charge is -2.30. The van der Waals surface area contributed by atoms with Gasteiger partial charge in [0.15, 0.2) is 0 Å². The number of nitrogens with two attached hydrogens (primary N) is 1. The Morgan fingerprint density at radius 2 is 2.19 bits per heavy atom. The van der Waals surface area contributed by atoms with Gasteiger partial charge in [0.1, 0.15) is 12.2 Å². The molecule has 0 aromatic carbocycles. The van der Waals surface area contributed by atoms with E-state index in [9.17, 15) is 9.18 Å². The molecule has 1 rings (SSSR count). The van der Waals surface area contributed by atoms with Crippen molar-refractivity contribution >= 4 is 5.91 Å². The van der Waals surface area contributed by atoms with E-state index in [0.717, 1.165) is 0 Å². The minimum atomic E-state index is -1.11. The van der Waals surface area contributed by atoms with Crippen molar-refractivity contribution < 1.29 is 9.18 Å². The van der Waals surface area contributed by atoms with Crippen LogP contribution in [0.15, 0.2) is 0 Å². The summed E-state index contributed by atoms with van der Waals surface area (Å²) in [6.07, 6.45) is -1.01. The number of nitriles is 1. The summed E-state index contributed by atoms with van der Waals surface area (Å²) in [5.41, 5.74) is 5.43. The topological polar surface area (TPSA) is 70.1 Å². The molecule has 1 aliphatic heterocycles. The highest BCUT2D eigenvalue weighted by molar-refractivity contribution is 5.83. The molecule has 0 radical (unpaired) electrons. The van der Waals surface area contributed by atoms with E-state index in [1.54, 1.807) is 0 Å². The molecule has 1 amide bonds. The monoisotopic (exact) mass is 227 g/mol. The molecule has 5 heteroatoms. The maximum atomic E-state index is 13.1. The largest absolute Gasteiger partial charge is 0.322 e. The molecule has 0 spiro atoms. The van der Waals surface area contributed by atoms with E-state index >= 15 is 0 Å². The minimum Gasteiger partial charge on any atom is -0.322 e. The average Bonchev–Trinajstić information content (AvgIpc) is 2.55. The third kappa shape index (κ3) is 2.50. The Bertz CT molecular complexity index is 318. The van der Waals surface area contributed by atoms with Crippen LogP contribution < -0.4 is 5.73 Å². The smallest absolute Gasteiger partial charge is 0.241 e. The van der Waals surface area contributed by atoms with Gasteiger partial charge in [-0.15, -0.1) is 0 Å². The lowest BCUT2D eigenvalue weighted by Crippen LogP contribution is -2.51. The molecule has 4 nitrogen and oxygen atoms in total. The van der Waals surface area contributed by atoms with E-state index < -0.39 is 18.3 Å². The zero-order valence-corrected chi connectivity index (χ0v) is 9.90. The van der Waals surface area contributed by atoms with Crippen LogP contribution in [0, 0.1) is 16.7 Å². The van der Waals surface area contributed by atoms with Gasteiger partial charge in [0.25, 0.3) is 0 Å². The van der Waals surface area contributed by atoms with Crippen LogP contribution in [0.2, 0.25) is 0 Å². The number of carbonyl (C=O) groups is 1. The van der Waals surface area contributed by atoms with Crippen molar-refractivity contribution in [1.29, 1.82) is 5.26 Å². The van der Waals surface area contributed by atoms with Crippen LogP contribution in [0.1, 0.15) is 27.2 Å². The van der Waals surface area contributed by atoms with Crippen molar-refractivity contribution in [2.75, 3.05) is 6.54 Å². The quantitative estimate of drug-likeness (QED) is 0.721. The summed E-state index contributed by atoms with van der Waals surface area (Å²) in [7, 11) is 0. The number of rotatable bonds is 1. The maximum Gasteiger partial charge on any atom is 0.241 e. The molecule has 0 aliphatic carbocycles. The first kappa shape index (κ1) is 12.9. The molecule has 90 valence electrons. The summed E-state index contributed by atoms with van der Waals surface area (Å²) in [5.74, 6) is -0.334. The normalized spacial score (nSPS) is 27.6. The van der Waals surface area contributed by atoms with Crippen LogP contribution in [0.3, 0.4) is 0 Å². The van der Waals surface area contributed by atoms with E-state index in [0.29, 0.717) is 0 Å². The Kier molecular flexibility index (Phi) is 3.54. The summed E-state index contributed by atoms with van der Waals surface area (Å²) < 4.78 is 13.1. The maximum absolute atomic E-state index is 13.1. The molecule has 1 heterocycles. The molecule has 0 bridgehead atoms. The fraction of sp³-hybridized carbons (Fsp3) is 0.818. The number of nitrogens with zero attached hydrogens (tertiary/aromatic N) is 2. The minimum absolute atomic E-state index is 0.0131. The fourth-order valence-corrected chi connectivity index (χ4v) is 1.70. The molecular formula is C11H18FN3O. The van der Waals surface area contributed by atoms with Crippen molar-refractivity contribution in [1.82, 2.24) is 4.90 Å². The first-order valence-corrected chi connectivity index (χ1v) is 5.37. The van der Waals surface area contributed by atoms with Gasteiger partial charge in [-0.05, 0) is 5.41 Å². The van der Waals surface area contributed by atoms with Crippen LogP contribution in [0.5, 0.6) is 0 Å². The van der Waals surface area contributed by atoms with Gasteiger partial charge < -0.3 is 10.6 Å². The number of carbonyl (C=O) groups excluding carboxylic acids is 1. The number of hydrogen-bond acceptors (Lipinski definition) is 3. The second-order valence-corrected chi connectivity index (χ2v) is 5.31. The second-order valence-electron chi connectivity index (χ2n) is 5.31. The summed E-state index contributed by atoms with van der Waals surface area (Å²) in [4.78, 5) is 13.3. The Morgan fingerprint density at radius 1 is 1.62 bits per heavy atom. The summed E-state index contributed by atoms with van der Waals surface area (Å²) >= 11 is 0. The van der Waals surface area contributed by atoms with Gasteiger partial charge in [-0.2, -0.15) is 5.26 Å². The molecule has 1 aliphatic rings. The van der Waals surface area contributed by atoms with E-state index in [1.165, 1.54) is 4.90 Å². The van der Waals surface area contributed by atoms with Crippen molar-refractivity contribution in [2.24, 2.45) is 11.1 Å². The Morgan fingerprint density at radius 3 is 2.62 bits per heavy atom. The number of likely N-dealkylation sites (tertiary alicyclic amines) is 1. The molecule has 0 aromatic rings. The third-order valence-electron chi connectivity index (χ3n) is 2.88. The Balaban J connectivity index is 2.79. The second kappa shape index (κ2) is 4.38. The first-order valence-electron chi connectivity index (χ1n) is 5.37. The molecule has 3 atom stereocenters. The molecule has 2 N–H and O–H groups in total. The van der Waals surface area contributed by atoms with Crippen LogP contribution in [0.4, 0.5) is 4.39 Å². The molecule has 1 saturated heterocycles. The zero-order valence-electron chi connectivity index (χ0n) is 9.90. The van der Waals surface area contributed by atoms with Gasteiger partial charge in [0.05, 0.1) is 18.7 Å². The standard InChI is InChI=1S/C11H18FN3O/c1-11(2,3)9(14)10(16)15-6-7(12)4-8(15)5-13/h7-9H,4,6,14H2,1-3H3/t7-,8-,9-/m0/s1. The summed E-state index contributed by atoms with van der Waals surface area (Å²) in [6.45, 7) is 5.53. The van der Waals surface area contributed by atoms with Gasteiger partial charge in [-0.1, -0.05) is 20.8 Å². The number of amides is 1. The number of alkyl halides is 1. The SMILES string of the molecule is CC(C)(C)[C@@H](N)C(=O)N1C[C@@H](F)C[C@H]1C#N. The third-order valence-corrected chi connectivity index (χ3v) is 2.88. The summed E-state index contributed by atoms with van der Waals surface area (Å²) in [5, 5.41) is 8.84. The van der Waals surface area contributed by atoms with Gasteiger partial charge in [0, 0.05) is 6.42 Å². The molecule has 1 fully saturated rings. The van der Waals surface area contributed by atoms with E-state index in [1.807, 2.05) is 26.8 Å². The highest BCUT2D eigenvalue weighted by Crippen LogP contribution is 2.25. The lowest BCUT2D eigenvalue weighted by molar-refractivity contribution is -0.135. The Hall–Kier alpha value is -1.15. The van der Waals surface area contributed by atoms with Crippen molar-refractivity contribution in [3.63, 3.8) is 0 Å². The highest BCUT2D eigenvalue weighted by Gasteiger charge is 2.40. The Labute approximate surface area is 95.2 Å². The van der Waals surface area contributed by atoms with Crippen molar-refractivity contribution in [3.8, 4) is 6.07 Å². The predicted octanol–water partition coefficient (Wildman–Crippen LogP) is 0.822. The van der Waals surface area contributed by atoms with Crippen LogP contribution >= 0.6 is 0 Å². The van der Waals surface area contributed by atoms with Crippen molar-refractivity contribution in [3.05, 3.63) is 0 Å². The lowest BCUT2D eigenvalue weighted by atomic mass is 9.86. The average molecular weight is 227 g/mol. The molecule has 0 saturated carbocycles. The van der Waals surface area contributed by atoms with E-state index in [4.69, 9.17) is 11.0 Å². The first-order chi connectivity index (χ1) is 7.27. The van der Waals surface area contributed by atoms with Gasteiger partial charge >= 0.3 is 0 Å². The van der Waals surface area contributed by atoms with Gasteiger partial charge in [-0.3, -0.25) is 4.79 Å². The molecule has 0 aromatic heterocycles. The van der Waals surface area contributed by atoms with Gasteiger partial charge in [-0.25, -0.2) is 4.39 Å². The van der Waals surface area contributed by atoms with Crippen molar-refractivity contribution in [2.45, 2.75) is 45.4 Å². The van der Waals surface area contributed by atoms with Gasteiger partial charge in [0.2, 0.25) is 5.91 Å². The van der Waals surface area contributed by atoms with Crippen LogP contribution in [-0.4, -0.2) is 35.6 Å². The highest BCUT2D eigenvalue weighted by atomic mass is 19.1. The van der Waals surface area contributed by atoms with Crippen LogP contribution in [0.25, 0.3) is 0 Å². The molecule has 0 unspecified atom stereocenters. The molecular weight excluding hydrogens is 209 g/mol. The zero-order chi connectivity index (χ0) is 12.5. The number of hydrogen-bond donors (Lipinski definition) is 1.